The predicted octanol–water partition coefficient (Wildman–Crippen LogP) is 17.4. The molecule has 0 spiro atoms. The maximum atomic E-state index is 8.10. The van der Waals surface area contributed by atoms with Crippen molar-refractivity contribution in [2.24, 2.45) is 0 Å². The molecule has 2 saturated carbocycles. The molecule has 0 atom stereocenters. The van der Waals surface area contributed by atoms with Crippen molar-refractivity contribution >= 4 is 45.7 Å². The monoisotopic (exact) mass is 814 g/mol. The van der Waals surface area contributed by atoms with Gasteiger partial charge in [-0.05, 0) is 191 Å². The molecule has 6 aliphatic rings. The van der Waals surface area contributed by atoms with E-state index in [0.717, 1.165) is 27.8 Å². The molecule has 0 N–H and O–H groups in total. The number of benzene rings is 7. The molecule has 13 rings (SSSR count). The van der Waals surface area contributed by atoms with Crippen molar-refractivity contribution in [3.05, 3.63) is 191 Å². The molecular weight excluding hydrogens is 760 g/mol. The minimum atomic E-state index is -0.149. The lowest BCUT2D eigenvalue weighted by Gasteiger charge is -2.40. The predicted molar refractivity (Wildman–Crippen MR) is 258 cm³/mol. The van der Waals surface area contributed by atoms with Gasteiger partial charge in [-0.3, -0.25) is 0 Å². The van der Waals surface area contributed by atoms with Crippen LogP contribution in [-0.2, 0) is 5.41 Å². The van der Waals surface area contributed by atoms with Crippen LogP contribution in [0.15, 0.2) is 158 Å². The molecule has 2 nitrogen and oxygen atoms in total. The molecule has 0 unspecified atom stereocenters. The second-order valence-corrected chi connectivity index (χ2v) is 19.7. The zero-order chi connectivity index (χ0) is 41.2. The van der Waals surface area contributed by atoms with E-state index in [-0.39, 0.29) is 5.41 Å². The Kier molecular flexibility index (Phi) is 9.69. The fourth-order valence-corrected chi connectivity index (χ4v) is 11.6. The van der Waals surface area contributed by atoms with Crippen molar-refractivity contribution in [2.75, 3.05) is 9.80 Å². The summed E-state index contributed by atoms with van der Waals surface area (Å²) in [6.45, 7) is 6.98. The summed E-state index contributed by atoms with van der Waals surface area (Å²) >= 11 is 8.10. The molecule has 0 saturated heterocycles. The zero-order valence-electron chi connectivity index (χ0n) is 35.7. The number of hydrogen-bond acceptors (Lipinski definition) is 2. The summed E-state index contributed by atoms with van der Waals surface area (Å²) in [6, 6.07) is 58.9. The second kappa shape index (κ2) is 15.4. The van der Waals surface area contributed by atoms with Gasteiger partial charge in [0, 0.05) is 22.7 Å². The third-order valence-electron chi connectivity index (χ3n) is 14.7. The van der Waals surface area contributed by atoms with Crippen LogP contribution in [0.3, 0.4) is 0 Å². The third-order valence-corrected chi connectivity index (χ3v) is 15.1. The smallest absolute Gasteiger partial charge is 0.0887 e. The molecular formula is C58H55ClN2. The van der Waals surface area contributed by atoms with Crippen LogP contribution in [-0.4, -0.2) is 0 Å². The SMILES string of the molecule is CC(C)(C)c1cc(N(c2ccc(-c3ccccc3)cc2)c2ccc3c(c2)C2CCC3CC2)c(Cl)c(N(c2ccc(-c3ccccc3)cc2)c2ccc3c(c2)C2CCC3CC2)c1. The van der Waals surface area contributed by atoms with Crippen LogP contribution in [0.25, 0.3) is 22.3 Å². The van der Waals surface area contributed by atoms with Crippen LogP contribution in [0.1, 0.15) is 124 Å². The van der Waals surface area contributed by atoms with Gasteiger partial charge in [-0.2, -0.15) is 0 Å². The maximum absolute atomic E-state index is 8.10. The number of rotatable bonds is 8. The van der Waals surface area contributed by atoms with E-state index in [9.17, 15) is 0 Å². The van der Waals surface area contributed by atoms with Crippen molar-refractivity contribution in [2.45, 2.75) is 101 Å². The summed E-state index contributed by atoms with van der Waals surface area (Å²) in [5, 5.41) is 0.741. The van der Waals surface area contributed by atoms with Crippen LogP contribution in [0.5, 0.6) is 0 Å². The number of nitrogens with zero attached hydrogens (tertiary/aromatic N) is 2. The Bertz CT molecular complexity index is 2520. The summed E-state index contributed by atoms with van der Waals surface area (Å²) in [7, 11) is 0. The van der Waals surface area contributed by atoms with Crippen molar-refractivity contribution in [3.8, 4) is 22.3 Å². The van der Waals surface area contributed by atoms with Gasteiger partial charge in [-0.25, -0.2) is 0 Å². The lowest BCUT2D eigenvalue weighted by molar-refractivity contribution is 0.359. The third kappa shape index (κ3) is 6.98. The van der Waals surface area contributed by atoms with Crippen molar-refractivity contribution in [1.29, 1.82) is 0 Å². The Morgan fingerprint density at radius 3 is 1.07 bits per heavy atom. The van der Waals surface area contributed by atoms with Gasteiger partial charge in [0.05, 0.1) is 16.4 Å². The van der Waals surface area contributed by atoms with Crippen molar-refractivity contribution < 1.29 is 0 Å². The molecule has 61 heavy (non-hydrogen) atoms. The molecule has 0 aromatic heterocycles. The van der Waals surface area contributed by atoms with Gasteiger partial charge in [0.15, 0.2) is 0 Å². The van der Waals surface area contributed by atoms with E-state index < -0.39 is 0 Å². The van der Waals surface area contributed by atoms with Gasteiger partial charge < -0.3 is 9.80 Å². The molecule has 0 amide bonds. The van der Waals surface area contributed by atoms with E-state index in [0.29, 0.717) is 23.7 Å². The molecule has 7 aromatic rings. The number of anilines is 6. The largest absolute Gasteiger partial charge is 0.309 e. The first-order valence-electron chi connectivity index (χ1n) is 22.8. The van der Waals surface area contributed by atoms with Crippen LogP contribution in [0.2, 0.25) is 5.02 Å². The Morgan fingerprint density at radius 1 is 0.377 bits per heavy atom. The lowest BCUT2D eigenvalue weighted by Crippen LogP contribution is -2.23. The molecule has 7 aromatic carbocycles. The summed E-state index contributed by atoms with van der Waals surface area (Å²) in [4.78, 5) is 4.89. The van der Waals surface area contributed by atoms with E-state index >= 15 is 0 Å². The minimum absolute atomic E-state index is 0.149. The maximum Gasteiger partial charge on any atom is 0.0887 e. The molecule has 304 valence electrons. The van der Waals surface area contributed by atoms with Gasteiger partial charge in [0.2, 0.25) is 0 Å². The molecule has 0 heterocycles. The normalized spacial score (nSPS) is 19.9. The van der Waals surface area contributed by atoms with Gasteiger partial charge in [0.25, 0.3) is 0 Å². The van der Waals surface area contributed by atoms with E-state index in [2.05, 4.69) is 188 Å². The van der Waals surface area contributed by atoms with Crippen molar-refractivity contribution in [1.82, 2.24) is 0 Å². The Labute approximate surface area is 367 Å². The highest BCUT2D eigenvalue weighted by Crippen LogP contribution is 2.55. The summed E-state index contributed by atoms with van der Waals surface area (Å²) in [5.41, 5.74) is 18.7. The quantitative estimate of drug-likeness (QED) is 0.151. The summed E-state index contributed by atoms with van der Waals surface area (Å²) < 4.78 is 0. The Morgan fingerprint density at radius 2 is 0.705 bits per heavy atom. The highest BCUT2D eigenvalue weighted by atomic mass is 35.5. The van der Waals surface area contributed by atoms with Crippen LogP contribution in [0, 0.1) is 0 Å². The van der Waals surface area contributed by atoms with Gasteiger partial charge in [-0.15, -0.1) is 0 Å². The fourth-order valence-electron chi connectivity index (χ4n) is 11.4. The molecule has 0 radical (unpaired) electrons. The van der Waals surface area contributed by atoms with Crippen molar-refractivity contribution in [3.63, 3.8) is 0 Å². The van der Waals surface area contributed by atoms with Gasteiger partial charge >= 0.3 is 0 Å². The first-order chi connectivity index (χ1) is 29.8. The first-order valence-corrected chi connectivity index (χ1v) is 23.2. The standard InChI is InChI=1S/C58H55ClN2/c1-58(2,3)46-34-55(60(47-26-22-40(23-27-47)38-10-6-4-7-11-38)49-30-32-51-42-14-18-44(19-15-42)53(51)36-49)57(59)56(35-46)61(48-28-24-41(25-29-48)39-12-8-5-9-13-39)50-31-33-52-43-16-20-45(21-17-43)54(52)37-50/h4-13,22-37,42-45H,14-21H2,1-3H3. The topological polar surface area (TPSA) is 6.48 Å². The van der Waals surface area contributed by atoms with Gasteiger partial charge in [-0.1, -0.05) is 129 Å². The highest BCUT2D eigenvalue weighted by Gasteiger charge is 2.36. The first kappa shape index (κ1) is 38.4. The van der Waals surface area contributed by atoms with Crippen LogP contribution < -0.4 is 9.80 Å². The average molecular weight is 816 g/mol. The fraction of sp³-hybridized carbons (Fsp3) is 0.276. The van der Waals surface area contributed by atoms with E-state index in [1.54, 1.807) is 11.1 Å². The molecule has 4 bridgehead atoms. The lowest BCUT2D eigenvalue weighted by atomic mass is 9.67. The molecule has 2 fully saturated rings. The van der Waals surface area contributed by atoms with E-state index in [1.165, 1.54) is 102 Å². The summed E-state index contributed by atoms with van der Waals surface area (Å²) in [5.74, 6) is 2.62. The van der Waals surface area contributed by atoms with Crippen LogP contribution in [0.4, 0.5) is 34.1 Å². The number of fused-ring (bicyclic) bond motifs is 4. The molecule has 0 aliphatic heterocycles. The van der Waals surface area contributed by atoms with E-state index in [1.807, 2.05) is 0 Å². The van der Waals surface area contributed by atoms with Gasteiger partial charge in [0.1, 0.15) is 0 Å². The zero-order valence-corrected chi connectivity index (χ0v) is 36.5. The number of hydrogen-bond donors (Lipinski definition) is 0. The number of halogens is 1. The molecule has 3 heteroatoms. The highest BCUT2D eigenvalue weighted by molar-refractivity contribution is 6.36. The average Bonchev–Trinajstić information content (AvgIpc) is 3.31. The molecule has 6 aliphatic carbocycles. The Balaban J connectivity index is 1.12. The Hall–Kier alpha value is -5.57. The summed E-state index contributed by atoms with van der Waals surface area (Å²) in [6.07, 6.45) is 10.4. The second-order valence-electron chi connectivity index (χ2n) is 19.3. The van der Waals surface area contributed by atoms with E-state index in [4.69, 9.17) is 11.6 Å². The van der Waals surface area contributed by atoms with Crippen LogP contribution >= 0.6 is 11.6 Å². The minimum Gasteiger partial charge on any atom is -0.309 e.